The molecule has 11 heteroatoms. The molecule has 2 rings (SSSR count). The first kappa shape index (κ1) is 28.8. The number of halogens is 2. The maximum atomic E-state index is 13.0. The lowest BCUT2D eigenvalue weighted by atomic mass is 9.78. The zero-order chi connectivity index (χ0) is 26.1. The van der Waals surface area contributed by atoms with E-state index in [4.69, 9.17) is 32.7 Å². The highest BCUT2D eigenvalue weighted by atomic mass is 35.5. The van der Waals surface area contributed by atoms with Crippen molar-refractivity contribution in [2.75, 3.05) is 32.6 Å². The summed E-state index contributed by atoms with van der Waals surface area (Å²) in [5.41, 5.74) is 0.500. The number of carbonyl (C=O) groups excluding carboxylic acids is 3. The standard InChI is InChI=1S/C24H29Cl2N3O5S/c1-5-8-29(9-6-2)18(30)13-35-23-15(12-27)19(20(22(31)28-23)24(32)33-4)14-10-16(25)21(34-7-3)17(26)11-14/h10-11,19-20H,5-9,13H2,1-4H3,(H,28,31)/t19-,20-/m0/s1. The molecule has 1 aliphatic heterocycles. The molecule has 1 aromatic carbocycles. The van der Waals surface area contributed by atoms with Gasteiger partial charge in [0.1, 0.15) is 5.92 Å². The molecule has 2 amide bonds. The summed E-state index contributed by atoms with van der Waals surface area (Å²) >= 11 is 13.8. The van der Waals surface area contributed by atoms with Gasteiger partial charge in [0.2, 0.25) is 11.8 Å². The SMILES string of the molecule is CCCN(CCC)C(=O)CSC1=C(C#N)[C@H](c2cc(Cl)c(OCC)c(Cl)c2)[C@H](C(=O)OC)C(=O)N1. The molecule has 0 bridgehead atoms. The fourth-order valence-corrected chi connectivity index (χ4v) is 5.41. The summed E-state index contributed by atoms with van der Waals surface area (Å²) in [5.74, 6) is -3.60. The Balaban J connectivity index is 2.52. The van der Waals surface area contributed by atoms with E-state index in [1.165, 1.54) is 19.2 Å². The van der Waals surface area contributed by atoms with Gasteiger partial charge in [-0.1, -0.05) is 48.8 Å². The Bertz CT molecular complexity index is 1010. The van der Waals surface area contributed by atoms with Crippen LogP contribution in [0.2, 0.25) is 10.0 Å². The van der Waals surface area contributed by atoms with E-state index in [1.807, 2.05) is 13.8 Å². The highest BCUT2D eigenvalue weighted by molar-refractivity contribution is 8.03. The molecule has 0 saturated heterocycles. The summed E-state index contributed by atoms with van der Waals surface area (Å²) in [4.78, 5) is 40.1. The minimum atomic E-state index is -1.34. The molecular weight excluding hydrogens is 513 g/mol. The lowest BCUT2D eigenvalue weighted by Gasteiger charge is -2.31. The molecule has 8 nitrogen and oxygen atoms in total. The van der Waals surface area contributed by atoms with Crippen LogP contribution in [0.25, 0.3) is 0 Å². The van der Waals surface area contributed by atoms with Gasteiger partial charge in [0.25, 0.3) is 0 Å². The van der Waals surface area contributed by atoms with E-state index in [0.29, 0.717) is 25.3 Å². The minimum Gasteiger partial charge on any atom is -0.491 e. The fraction of sp³-hybridized carbons (Fsp3) is 0.500. The maximum absolute atomic E-state index is 13.0. The van der Waals surface area contributed by atoms with Crippen molar-refractivity contribution in [3.8, 4) is 11.8 Å². The molecule has 0 aromatic heterocycles. The first-order valence-electron chi connectivity index (χ1n) is 11.3. The molecular formula is C24H29Cl2N3O5S. The highest BCUT2D eigenvalue weighted by Gasteiger charge is 2.44. The summed E-state index contributed by atoms with van der Waals surface area (Å²) in [5, 5.41) is 13.3. The van der Waals surface area contributed by atoms with E-state index in [0.717, 1.165) is 24.6 Å². The lowest BCUT2D eigenvalue weighted by Crippen LogP contribution is -2.44. The zero-order valence-electron chi connectivity index (χ0n) is 20.2. The molecule has 0 spiro atoms. The number of esters is 1. The Morgan fingerprint density at radius 2 is 1.77 bits per heavy atom. The molecule has 0 fully saturated rings. The quantitative estimate of drug-likeness (QED) is 0.324. The Morgan fingerprint density at radius 3 is 2.26 bits per heavy atom. The molecule has 0 aliphatic carbocycles. The number of methoxy groups -OCH3 is 1. The number of carbonyl (C=O) groups is 3. The van der Waals surface area contributed by atoms with Crippen molar-refractivity contribution in [1.82, 2.24) is 10.2 Å². The van der Waals surface area contributed by atoms with E-state index in [9.17, 15) is 19.6 Å². The monoisotopic (exact) mass is 541 g/mol. The number of allylic oxidation sites excluding steroid dienone is 1. The summed E-state index contributed by atoms with van der Waals surface area (Å²) in [7, 11) is 1.17. The van der Waals surface area contributed by atoms with Crippen molar-refractivity contribution in [3.63, 3.8) is 0 Å². The largest absolute Gasteiger partial charge is 0.491 e. The third-order valence-electron chi connectivity index (χ3n) is 5.33. The number of amides is 2. The second kappa shape index (κ2) is 13.6. The number of nitrogens with one attached hydrogen (secondary N) is 1. The van der Waals surface area contributed by atoms with Gasteiger partial charge in [-0.15, -0.1) is 0 Å². The Hall–Kier alpha value is -2.41. The number of hydrogen-bond acceptors (Lipinski definition) is 7. The number of nitriles is 1. The van der Waals surface area contributed by atoms with Crippen molar-refractivity contribution < 1.29 is 23.9 Å². The van der Waals surface area contributed by atoms with E-state index in [-0.39, 0.29) is 38.1 Å². The first-order valence-corrected chi connectivity index (χ1v) is 13.0. The van der Waals surface area contributed by atoms with Gasteiger partial charge in [0.05, 0.1) is 46.2 Å². The first-order chi connectivity index (χ1) is 16.7. The van der Waals surface area contributed by atoms with Gasteiger partial charge in [-0.3, -0.25) is 14.4 Å². The second-order valence-electron chi connectivity index (χ2n) is 7.74. The van der Waals surface area contributed by atoms with Crippen molar-refractivity contribution in [3.05, 3.63) is 38.3 Å². The van der Waals surface area contributed by atoms with E-state index in [1.54, 1.807) is 11.8 Å². The summed E-state index contributed by atoms with van der Waals surface area (Å²) in [6.45, 7) is 7.35. The molecule has 35 heavy (non-hydrogen) atoms. The summed E-state index contributed by atoms with van der Waals surface area (Å²) < 4.78 is 10.3. The molecule has 1 aliphatic rings. The average Bonchev–Trinajstić information content (AvgIpc) is 2.83. The van der Waals surface area contributed by atoms with Gasteiger partial charge >= 0.3 is 5.97 Å². The van der Waals surface area contributed by atoms with Crippen LogP contribution in [0.1, 0.15) is 45.1 Å². The van der Waals surface area contributed by atoms with Crippen molar-refractivity contribution in [2.24, 2.45) is 5.92 Å². The minimum absolute atomic E-state index is 0.0290. The second-order valence-corrected chi connectivity index (χ2v) is 9.54. The lowest BCUT2D eigenvalue weighted by molar-refractivity contribution is -0.150. The van der Waals surface area contributed by atoms with Gasteiger partial charge in [0.15, 0.2) is 5.75 Å². The molecule has 0 saturated carbocycles. The van der Waals surface area contributed by atoms with Crippen LogP contribution in [-0.4, -0.2) is 55.2 Å². The van der Waals surface area contributed by atoms with Crippen molar-refractivity contribution >= 4 is 52.7 Å². The highest BCUT2D eigenvalue weighted by Crippen LogP contribution is 2.44. The zero-order valence-corrected chi connectivity index (χ0v) is 22.5. The fourth-order valence-electron chi connectivity index (χ4n) is 3.85. The normalized spacial score (nSPS) is 17.5. The molecule has 0 unspecified atom stereocenters. The molecule has 0 radical (unpaired) electrons. The number of nitrogens with zero attached hydrogens (tertiary/aromatic N) is 2. The van der Waals surface area contributed by atoms with E-state index >= 15 is 0 Å². The van der Waals surface area contributed by atoms with Gasteiger partial charge in [-0.05, 0) is 37.5 Å². The van der Waals surface area contributed by atoms with Crippen LogP contribution in [0.15, 0.2) is 22.7 Å². The molecule has 190 valence electrons. The Morgan fingerprint density at radius 1 is 1.17 bits per heavy atom. The Kier molecular flexibility index (Phi) is 11.2. The maximum Gasteiger partial charge on any atom is 0.319 e. The van der Waals surface area contributed by atoms with Gasteiger partial charge in [-0.2, -0.15) is 5.26 Å². The summed E-state index contributed by atoms with van der Waals surface area (Å²) in [6.07, 6.45) is 1.64. The van der Waals surface area contributed by atoms with E-state index in [2.05, 4.69) is 11.4 Å². The molecule has 1 N–H and O–H groups in total. The van der Waals surface area contributed by atoms with Crippen LogP contribution >= 0.6 is 35.0 Å². The Labute approximate surface area is 219 Å². The van der Waals surface area contributed by atoms with Crippen LogP contribution in [0.4, 0.5) is 0 Å². The van der Waals surface area contributed by atoms with E-state index < -0.39 is 23.7 Å². The van der Waals surface area contributed by atoms with Crippen LogP contribution in [-0.2, 0) is 19.1 Å². The average molecular weight is 542 g/mol. The predicted molar refractivity (Wildman–Crippen MR) is 136 cm³/mol. The van der Waals surface area contributed by atoms with Gasteiger partial charge in [-0.25, -0.2) is 0 Å². The number of ether oxygens (including phenoxy) is 2. The van der Waals surface area contributed by atoms with Crippen molar-refractivity contribution in [2.45, 2.75) is 39.5 Å². The number of hydrogen-bond donors (Lipinski definition) is 1. The van der Waals surface area contributed by atoms with Crippen LogP contribution in [0.5, 0.6) is 5.75 Å². The third-order valence-corrected chi connectivity index (χ3v) is 6.90. The van der Waals surface area contributed by atoms with Gasteiger partial charge in [0, 0.05) is 19.0 Å². The van der Waals surface area contributed by atoms with Crippen LogP contribution in [0.3, 0.4) is 0 Å². The van der Waals surface area contributed by atoms with Gasteiger partial charge < -0.3 is 19.7 Å². The smallest absolute Gasteiger partial charge is 0.319 e. The molecule has 1 heterocycles. The predicted octanol–water partition coefficient (Wildman–Crippen LogP) is 4.51. The number of rotatable bonds is 11. The summed E-state index contributed by atoms with van der Waals surface area (Å²) in [6, 6.07) is 5.15. The van der Waals surface area contributed by atoms with Crippen LogP contribution in [0, 0.1) is 17.2 Å². The van der Waals surface area contributed by atoms with Crippen LogP contribution < -0.4 is 10.1 Å². The topological polar surface area (TPSA) is 109 Å². The number of thioether (sulfide) groups is 1. The molecule has 2 atom stereocenters. The number of benzene rings is 1. The molecule has 1 aromatic rings. The van der Waals surface area contributed by atoms with Crippen molar-refractivity contribution in [1.29, 1.82) is 5.26 Å². The third kappa shape index (κ3) is 6.84.